The lowest BCUT2D eigenvalue weighted by molar-refractivity contribution is -0.205. The lowest BCUT2D eigenvalue weighted by Crippen LogP contribution is -2.77. The number of carbonyl (C=O) groups is 1. The molecule has 0 atom stereocenters. The zero-order valence-corrected chi connectivity index (χ0v) is 18.2. The summed E-state index contributed by atoms with van der Waals surface area (Å²) in [5, 5.41) is 1.00. The number of H-pyrrole nitrogens is 1. The van der Waals surface area contributed by atoms with Crippen molar-refractivity contribution in [3.8, 4) is 5.75 Å². The van der Waals surface area contributed by atoms with Gasteiger partial charge in [-0.1, -0.05) is 26.7 Å². The maximum Gasteiger partial charge on any atom is 0.254 e. The molecular weight excluding hydrogens is 378 g/mol. The lowest BCUT2D eigenvalue weighted by atomic mass is 9.57. The van der Waals surface area contributed by atoms with Gasteiger partial charge in [0.15, 0.2) is 0 Å². The van der Waals surface area contributed by atoms with Gasteiger partial charge < -0.3 is 9.72 Å². The summed E-state index contributed by atoms with van der Waals surface area (Å²) in [6.07, 6.45) is 3.84. The molecule has 5 heterocycles. The normalized spacial score (nSPS) is 34.6. The average Bonchev–Trinajstić information content (AvgIpc) is 2.71. The van der Waals surface area contributed by atoms with E-state index in [0.717, 1.165) is 74.1 Å². The highest BCUT2D eigenvalue weighted by molar-refractivity contribution is 5.93. The van der Waals surface area contributed by atoms with Gasteiger partial charge in [-0.25, -0.2) is 0 Å². The fraction of sp³-hybridized carbons (Fsp3) is 0.583. The first-order valence-corrected chi connectivity index (χ1v) is 11.2. The Morgan fingerprint density at radius 1 is 1.00 bits per heavy atom. The van der Waals surface area contributed by atoms with Crippen LogP contribution in [0.5, 0.6) is 5.75 Å². The molecule has 6 nitrogen and oxygen atoms in total. The number of Topliss-reactive ketones (excluding diaryl/α,β-unsaturated/α-hetero) is 1. The molecule has 160 valence electrons. The van der Waals surface area contributed by atoms with Gasteiger partial charge in [-0.15, -0.1) is 0 Å². The summed E-state index contributed by atoms with van der Waals surface area (Å²) in [7, 11) is 1.63. The predicted octanol–water partition coefficient (Wildman–Crippen LogP) is 3.32. The number of nitrogens with one attached hydrogen (secondary N) is 1. The zero-order chi connectivity index (χ0) is 21.1. The van der Waals surface area contributed by atoms with Crippen molar-refractivity contribution < 1.29 is 9.53 Å². The van der Waals surface area contributed by atoms with Crippen LogP contribution in [0.2, 0.25) is 0 Å². The molecule has 1 N–H and O–H groups in total. The SMILES string of the molecule is CCCC12CN3CC(CCC)(CN(C1)C3c1cc3ccc(OC)cc3[nH]c1=O)C2=O. The molecule has 1 aromatic carbocycles. The molecule has 4 saturated heterocycles. The number of methoxy groups -OCH3 is 1. The smallest absolute Gasteiger partial charge is 0.254 e. The quantitative estimate of drug-likeness (QED) is 0.793. The minimum absolute atomic E-state index is 0.0476. The van der Waals surface area contributed by atoms with E-state index in [4.69, 9.17) is 4.74 Å². The Balaban J connectivity index is 1.57. The van der Waals surface area contributed by atoms with Gasteiger partial charge in [0.2, 0.25) is 0 Å². The summed E-state index contributed by atoms with van der Waals surface area (Å²) in [4.78, 5) is 34.6. The summed E-state index contributed by atoms with van der Waals surface area (Å²) in [5.41, 5.74) is 0.991. The van der Waals surface area contributed by atoms with Gasteiger partial charge in [0.25, 0.3) is 5.56 Å². The van der Waals surface area contributed by atoms with E-state index in [1.54, 1.807) is 7.11 Å². The van der Waals surface area contributed by atoms with Gasteiger partial charge in [0.1, 0.15) is 11.5 Å². The van der Waals surface area contributed by atoms with Crippen LogP contribution in [-0.2, 0) is 4.79 Å². The largest absolute Gasteiger partial charge is 0.497 e. The number of piperidine rings is 2. The number of ketones is 1. The van der Waals surface area contributed by atoms with E-state index in [9.17, 15) is 9.59 Å². The van der Waals surface area contributed by atoms with Crippen molar-refractivity contribution in [3.63, 3.8) is 0 Å². The van der Waals surface area contributed by atoms with E-state index in [0.29, 0.717) is 5.78 Å². The van der Waals surface area contributed by atoms with E-state index in [1.807, 2.05) is 24.3 Å². The van der Waals surface area contributed by atoms with Gasteiger partial charge in [-0.2, -0.15) is 0 Å². The van der Waals surface area contributed by atoms with E-state index < -0.39 is 0 Å². The van der Waals surface area contributed by atoms with Crippen molar-refractivity contribution in [2.24, 2.45) is 10.8 Å². The molecule has 4 bridgehead atoms. The van der Waals surface area contributed by atoms with E-state index in [2.05, 4.69) is 28.6 Å². The standard InChI is InChI=1S/C24H31N3O3/c1-4-8-23-12-26-14-24(9-5-2,22(23)29)15-27(13-23)21(26)18-10-16-6-7-17(30-3)11-19(16)25-20(18)28/h6-7,10-11,21H,4-5,8-9,12-15H2,1-3H3,(H,25,28). The first-order valence-electron chi connectivity index (χ1n) is 11.2. The predicted molar refractivity (Wildman–Crippen MR) is 117 cm³/mol. The Hall–Kier alpha value is -2.18. The number of rotatable bonds is 6. The summed E-state index contributed by atoms with van der Waals surface area (Å²) >= 11 is 0. The summed E-state index contributed by atoms with van der Waals surface area (Å²) < 4.78 is 5.29. The van der Waals surface area contributed by atoms with Crippen LogP contribution in [0.15, 0.2) is 29.1 Å². The minimum atomic E-state index is -0.270. The molecule has 4 aliphatic rings. The molecule has 1 aromatic heterocycles. The van der Waals surface area contributed by atoms with Crippen LogP contribution in [0.25, 0.3) is 10.9 Å². The third-order valence-electron chi connectivity index (χ3n) is 7.50. The number of pyridine rings is 1. The Bertz CT molecular complexity index is 1020. The maximum atomic E-state index is 13.6. The average molecular weight is 410 g/mol. The fourth-order valence-corrected chi connectivity index (χ4v) is 6.60. The Labute approximate surface area is 177 Å². The topological polar surface area (TPSA) is 65.6 Å². The van der Waals surface area contributed by atoms with Crippen LogP contribution in [0.4, 0.5) is 0 Å². The first-order chi connectivity index (χ1) is 14.4. The van der Waals surface area contributed by atoms with Crippen LogP contribution >= 0.6 is 0 Å². The van der Waals surface area contributed by atoms with Crippen LogP contribution < -0.4 is 10.3 Å². The highest BCUT2D eigenvalue weighted by atomic mass is 16.5. The number of carbonyl (C=O) groups excluding carboxylic acids is 1. The van der Waals surface area contributed by atoms with Crippen molar-refractivity contribution >= 4 is 16.7 Å². The number of ether oxygens (including phenoxy) is 1. The number of hydrogen-bond acceptors (Lipinski definition) is 5. The van der Waals surface area contributed by atoms with Gasteiger partial charge in [-0.3, -0.25) is 19.4 Å². The molecule has 0 aliphatic carbocycles. The zero-order valence-electron chi connectivity index (χ0n) is 18.2. The summed E-state index contributed by atoms with van der Waals surface area (Å²) in [5.74, 6) is 1.22. The van der Waals surface area contributed by atoms with E-state index in [1.165, 1.54) is 0 Å². The molecular formula is C24H31N3O3. The molecule has 0 amide bonds. The third kappa shape index (κ3) is 2.70. The van der Waals surface area contributed by atoms with Gasteiger partial charge in [0.05, 0.1) is 29.6 Å². The molecule has 4 aliphatic heterocycles. The second-order valence-electron chi connectivity index (χ2n) is 9.58. The first kappa shape index (κ1) is 19.8. The molecule has 0 radical (unpaired) electrons. The van der Waals surface area contributed by atoms with Crippen molar-refractivity contribution in [2.45, 2.75) is 45.7 Å². The van der Waals surface area contributed by atoms with Crippen molar-refractivity contribution in [2.75, 3.05) is 33.3 Å². The van der Waals surface area contributed by atoms with Crippen LogP contribution in [0, 0.1) is 10.8 Å². The molecule has 0 unspecified atom stereocenters. The molecule has 4 fully saturated rings. The van der Waals surface area contributed by atoms with Crippen LogP contribution in [-0.4, -0.2) is 53.9 Å². The highest BCUT2D eigenvalue weighted by Gasteiger charge is 2.64. The van der Waals surface area contributed by atoms with Gasteiger partial charge in [0, 0.05) is 37.8 Å². The van der Waals surface area contributed by atoms with Gasteiger partial charge in [-0.05, 0) is 36.4 Å². The lowest BCUT2D eigenvalue weighted by Gasteiger charge is -2.66. The molecule has 30 heavy (non-hydrogen) atoms. The van der Waals surface area contributed by atoms with Crippen molar-refractivity contribution in [1.82, 2.24) is 14.8 Å². The number of aromatic amines is 1. The van der Waals surface area contributed by atoms with Crippen LogP contribution in [0.1, 0.15) is 51.3 Å². The second-order valence-corrected chi connectivity index (χ2v) is 9.58. The number of hydrogen-bond donors (Lipinski definition) is 1. The number of nitrogens with zero attached hydrogens (tertiary/aromatic N) is 2. The third-order valence-corrected chi connectivity index (χ3v) is 7.50. The Kier molecular flexibility index (Phi) is 4.56. The number of aromatic nitrogens is 1. The Morgan fingerprint density at radius 3 is 2.13 bits per heavy atom. The molecule has 6 rings (SSSR count). The molecule has 0 spiro atoms. The highest BCUT2D eigenvalue weighted by Crippen LogP contribution is 2.55. The second kappa shape index (κ2) is 6.92. The fourth-order valence-electron chi connectivity index (χ4n) is 6.60. The Morgan fingerprint density at radius 2 is 1.60 bits per heavy atom. The van der Waals surface area contributed by atoms with Gasteiger partial charge >= 0.3 is 0 Å². The van der Waals surface area contributed by atoms with Crippen molar-refractivity contribution in [1.29, 1.82) is 0 Å². The summed E-state index contributed by atoms with van der Waals surface area (Å²) in [6, 6.07) is 7.81. The number of benzene rings is 1. The molecule has 0 saturated carbocycles. The van der Waals surface area contributed by atoms with Crippen LogP contribution in [0.3, 0.4) is 0 Å². The monoisotopic (exact) mass is 409 g/mol. The van der Waals surface area contributed by atoms with E-state index >= 15 is 0 Å². The minimum Gasteiger partial charge on any atom is -0.497 e. The number of fused-ring (bicyclic) bond motifs is 1. The van der Waals surface area contributed by atoms with E-state index in [-0.39, 0.29) is 22.6 Å². The van der Waals surface area contributed by atoms with Crippen molar-refractivity contribution in [3.05, 3.63) is 40.2 Å². The maximum absolute atomic E-state index is 13.6. The molecule has 2 aromatic rings. The molecule has 6 heteroatoms. The summed E-state index contributed by atoms with van der Waals surface area (Å²) in [6.45, 7) is 7.42.